The zero-order valence-electron chi connectivity index (χ0n) is 15.5. The van der Waals surface area contributed by atoms with Crippen LogP contribution in [0.4, 0.5) is 13.2 Å². The maximum Gasteiger partial charge on any atom is 0.416 e. The van der Waals surface area contributed by atoms with Crippen molar-refractivity contribution in [3.8, 4) is 17.2 Å². The fraction of sp³-hybridized carbons (Fsp3) is 0.273. The number of hydrogen-bond donors (Lipinski definition) is 0. The van der Waals surface area contributed by atoms with Crippen molar-refractivity contribution in [2.24, 2.45) is 0 Å². The van der Waals surface area contributed by atoms with Gasteiger partial charge in [0.25, 0.3) is 0 Å². The summed E-state index contributed by atoms with van der Waals surface area (Å²) in [5, 5.41) is 0.874. The first-order valence-electron chi connectivity index (χ1n) is 9.29. The molecule has 0 unspecified atom stereocenters. The van der Waals surface area contributed by atoms with Crippen molar-refractivity contribution in [2.45, 2.75) is 19.0 Å². The van der Waals surface area contributed by atoms with Crippen molar-refractivity contribution >= 4 is 17.0 Å². The van der Waals surface area contributed by atoms with Crippen molar-refractivity contribution in [1.82, 2.24) is 0 Å². The summed E-state index contributed by atoms with van der Waals surface area (Å²) in [6, 6.07) is 8.59. The van der Waals surface area contributed by atoms with E-state index in [1.165, 1.54) is 12.1 Å². The Balaban J connectivity index is 1.31. The summed E-state index contributed by atoms with van der Waals surface area (Å²) < 4.78 is 60.7. The first-order chi connectivity index (χ1) is 14.0. The van der Waals surface area contributed by atoms with Gasteiger partial charge >= 0.3 is 6.18 Å². The van der Waals surface area contributed by atoms with E-state index in [0.717, 1.165) is 28.8 Å². The summed E-state index contributed by atoms with van der Waals surface area (Å²) in [6.07, 6.45) is 2.45. The van der Waals surface area contributed by atoms with Crippen LogP contribution in [0.2, 0.25) is 0 Å². The molecule has 2 heterocycles. The summed E-state index contributed by atoms with van der Waals surface area (Å²) in [6.45, 7) is 1.25. The van der Waals surface area contributed by atoms with Gasteiger partial charge in [-0.1, -0.05) is 6.07 Å². The van der Waals surface area contributed by atoms with Gasteiger partial charge < -0.3 is 18.6 Å². The molecule has 4 nitrogen and oxygen atoms in total. The van der Waals surface area contributed by atoms with Crippen LogP contribution in [-0.4, -0.2) is 19.8 Å². The van der Waals surface area contributed by atoms with E-state index in [2.05, 4.69) is 0 Å². The Kier molecular flexibility index (Phi) is 5.38. The molecule has 0 radical (unpaired) electrons. The predicted molar refractivity (Wildman–Crippen MR) is 102 cm³/mol. The highest BCUT2D eigenvalue weighted by atomic mass is 19.4. The van der Waals surface area contributed by atoms with Crippen molar-refractivity contribution in [3.05, 3.63) is 59.9 Å². The third kappa shape index (κ3) is 4.34. The summed E-state index contributed by atoms with van der Waals surface area (Å²) in [5.41, 5.74) is 0.860. The Labute approximate surface area is 165 Å². The number of unbranched alkanes of at least 4 members (excludes halogenated alkanes) is 1. The SMILES string of the molecule is FC(F)(F)c1cccc(OCCCCOc2c3c(cc4occc24)OCC=C3)c1. The monoisotopic (exact) mass is 404 g/mol. The second-order valence-electron chi connectivity index (χ2n) is 6.59. The Morgan fingerprint density at radius 1 is 1.00 bits per heavy atom. The highest BCUT2D eigenvalue weighted by Crippen LogP contribution is 2.40. The summed E-state index contributed by atoms with van der Waals surface area (Å²) in [4.78, 5) is 0. The molecule has 1 aliphatic heterocycles. The maximum atomic E-state index is 12.7. The smallest absolute Gasteiger partial charge is 0.416 e. The number of benzene rings is 2. The fourth-order valence-electron chi connectivity index (χ4n) is 3.14. The Bertz CT molecular complexity index is 1020. The minimum atomic E-state index is -4.38. The molecular formula is C22H19F3O4. The molecule has 0 bridgehead atoms. The molecule has 7 heteroatoms. The van der Waals surface area contributed by atoms with Crippen LogP contribution in [0.5, 0.6) is 17.2 Å². The largest absolute Gasteiger partial charge is 0.494 e. The zero-order chi connectivity index (χ0) is 20.3. The summed E-state index contributed by atoms with van der Waals surface area (Å²) >= 11 is 0. The molecule has 0 N–H and O–H groups in total. The van der Waals surface area contributed by atoms with E-state index in [4.69, 9.17) is 18.6 Å². The van der Waals surface area contributed by atoms with Gasteiger partial charge in [0.2, 0.25) is 0 Å². The molecule has 4 rings (SSSR count). The first-order valence-corrected chi connectivity index (χ1v) is 9.29. The molecule has 29 heavy (non-hydrogen) atoms. The number of furan rings is 1. The molecule has 0 amide bonds. The summed E-state index contributed by atoms with van der Waals surface area (Å²) in [5.74, 6) is 1.64. The molecule has 3 aromatic rings. The van der Waals surface area contributed by atoms with E-state index in [9.17, 15) is 13.2 Å². The van der Waals surface area contributed by atoms with Crippen molar-refractivity contribution in [1.29, 1.82) is 0 Å². The van der Waals surface area contributed by atoms with Crippen LogP contribution in [0.25, 0.3) is 17.0 Å². The second-order valence-corrected chi connectivity index (χ2v) is 6.59. The Hall–Kier alpha value is -3.09. The van der Waals surface area contributed by atoms with Crippen LogP contribution in [-0.2, 0) is 6.18 Å². The van der Waals surface area contributed by atoms with Gasteiger partial charge in [-0.15, -0.1) is 0 Å². The highest BCUT2D eigenvalue weighted by molar-refractivity contribution is 5.91. The number of fused-ring (bicyclic) bond motifs is 2. The normalized spacial score (nSPS) is 13.2. The van der Waals surface area contributed by atoms with Crippen LogP contribution in [0.15, 0.2) is 53.2 Å². The van der Waals surface area contributed by atoms with Crippen LogP contribution >= 0.6 is 0 Å². The standard InChI is InChI=1S/C22H19F3O4/c23-22(24,25)15-5-3-6-16(13-15)26-9-1-2-10-29-21-17-7-4-11-27-19(17)14-20-18(21)8-12-28-20/h3-8,12-14H,1-2,9-11H2. The quantitative estimate of drug-likeness (QED) is 0.447. The average molecular weight is 404 g/mol. The van der Waals surface area contributed by atoms with E-state index in [0.29, 0.717) is 44.0 Å². The Morgan fingerprint density at radius 2 is 1.83 bits per heavy atom. The maximum absolute atomic E-state index is 12.7. The molecule has 0 saturated carbocycles. The average Bonchev–Trinajstić information content (AvgIpc) is 3.17. The molecule has 0 aliphatic carbocycles. The second kappa shape index (κ2) is 8.11. The minimum Gasteiger partial charge on any atom is -0.494 e. The van der Waals surface area contributed by atoms with Crippen LogP contribution in [0.3, 0.4) is 0 Å². The minimum absolute atomic E-state index is 0.209. The third-order valence-electron chi connectivity index (χ3n) is 4.55. The number of halogens is 3. The van der Waals surface area contributed by atoms with Gasteiger partial charge in [-0.25, -0.2) is 0 Å². The van der Waals surface area contributed by atoms with Crippen molar-refractivity contribution < 1.29 is 31.8 Å². The molecule has 1 aromatic heterocycles. The topological polar surface area (TPSA) is 40.8 Å². The molecule has 0 fully saturated rings. The first kappa shape index (κ1) is 19.2. The lowest BCUT2D eigenvalue weighted by atomic mass is 10.1. The number of alkyl halides is 3. The lowest BCUT2D eigenvalue weighted by Crippen LogP contribution is -2.07. The molecular weight excluding hydrogens is 385 g/mol. The van der Waals surface area contributed by atoms with Gasteiger partial charge in [-0.05, 0) is 49.3 Å². The highest BCUT2D eigenvalue weighted by Gasteiger charge is 2.30. The van der Waals surface area contributed by atoms with Crippen molar-refractivity contribution in [3.63, 3.8) is 0 Å². The van der Waals surface area contributed by atoms with Crippen LogP contribution in [0.1, 0.15) is 24.0 Å². The fourth-order valence-corrected chi connectivity index (χ4v) is 3.14. The van der Waals surface area contributed by atoms with Crippen LogP contribution in [0, 0.1) is 0 Å². The molecule has 0 spiro atoms. The zero-order valence-corrected chi connectivity index (χ0v) is 15.5. The van der Waals surface area contributed by atoms with E-state index >= 15 is 0 Å². The van der Waals surface area contributed by atoms with E-state index in [1.807, 2.05) is 24.3 Å². The van der Waals surface area contributed by atoms with Gasteiger partial charge in [0.05, 0.1) is 36.0 Å². The number of hydrogen-bond acceptors (Lipinski definition) is 4. The molecule has 0 atom stereocenters. The molecule has 1 aliphatic rings. The van der Waals surface area contributed by atoms with E-state index in [1.54, 1.807) is 6.26 Å². The molecule has 2 aromatic carbocycles. The molecule has 0 saturated heterocycles. The molecule has 152 valence electrons. The number of ether oxygens (including phenoxy) is 3. The predicted octanol–water partition coefficient (Wildman–Crippen LogP) is 6.10. The summed E-state index contributed by atoms with van der Waals surface area (Å²) in [7, 11) is 0. The van der Waals surface area contributed by atoms with Crippen molar-refractivity contribution in [2.75, 3.05) is 19.8 Å². The van der Waals surface area contributed by atoms with Gasteiger partial charge in [0, 0.05) is 6.07 Å². The van der Waals surface area contributed by atoms with Gasteiger partial charge in [-0.3, -0.25) is 0 Å². The van der Waals surface area contributed by atoms with E-state index in [-0.39, 0.29) is 5.75 Å². The van der Waals surface area contributed by atoms with Gasteiger partial charge in [-0.2, -0.15) is 13.2 Å². The third-order valence-corrected chi connectivity index (χ3v) is 4.55. The lowest BCUT2D eigenvalue weighted by molar-refractivity contribution is -0.137. The van der Waals surface area contributed by atoms with Gasteiger partial charge in [0.15, 0.2) is 0 Å². The van der Waals surface area contributed by atoms with E-state index < -0.39 is 11.7 Å². The van der Waals surface area contributed by atoms with Gasteiger partial charge in [0.1, 0.15) is 29.4 Å². The lowest BCUT2D eigenvalue weighted by Gasteiger charge is -2.17. The Morgan fingerprint density at radius 3 is 2.66 bits per heavy atom. The number of rotatable bonds is 7. The van der Waals surface area contributed by atoms with Crippen LogP contribution < -0.4 is 14.2 Å².